The van der Waals surface area contributed by atoms with Crippen LogP contribution in [0.1, 0.15) is 37.5 Å². The highest BCUT2D eigenvalue weighted by molar-refractivity contribution is 5.13. The van der Waals surface area contributed by atoms with Crippen LogP contribution >= 0.6 is 0 Å². The fraction of sp³-hybridized carbons (Fsp3) is 0.692. The van der Waals surface area contributed by atoms with Crippen molar-refractivity contribution in [1.29, 1.82) is 0 Å². The number of unbranched alkanes of at least 4 members (excludes halogenated alkanes) is 1. The van der Waals surface area contributed by atoms with Crippen molar-refractivity contribution in [1.82, 2.24) is 5.32 Å². The lowest BCUT2D eigenvalue weighted by Crippen LogP contribution is -2.16. The molecule has 0 aliphatic carbocycles. The predicted molar refractivity (Wildman–Crippen MR) is 65.5 cm³/mol. The van der Waals surface area contributed by atoms with Crippen molar-refractivity contribution in [2.24, 2.45) is 0 Å². The minimum Gasteiger partial charge on any atom is -0.468 e. The van der Waals surface area contributed by atoms with Crippen molar-refractivity contribution in [2.75, 3.05) is 19.8 Å². The Labute approximate surface area is 98.2 Å². The van der Waals surface area contributed by atoms with E-state index in [2.05, 4.69) is 19.2 Å². The first-order chi connectivity index (χ1) is 7.84. The summed E-state index contributed by atoms with van der Waals surface area (Å²) in [7, 11) is 0. The first-order valence-electron chi connectivity index (χ1n) is 6.16. The highest BCUT2D eigenvalue weighted by Gasteiger charge is 1.99. The van der Waals surface area contributed by atoms with E-state index in [1.807, 2.05) is 6.07 Å². The molecule has 3 heteroatoms. The zero-order valence-electron chi connectivity index (χ0n) is 10.4. The lowest BCUT2D eigenvalue weighted by atomic mass is 10.3. The summed E-state index contributed by atoms with van der Waals surface area (Å²) in [5, 5.41) is 3.35. The number of furan rings is 1. The number of ether oxygens (including phenoxy) is 1. The molecule has 0 atom stereocenters. The Bertz CT molecular complexity index is 271. The van der Waals surface area contributed by atoms with Crippen molar-refractivity contribution in [2.45, 2.75) is 39.7 Å². The van der Waals surface area contributed by atoms with Gasteiger partial charge in [-0.05, 0) is 37.9 Å². The Balaban J connectivity index is 1.91. The van der Waals surface area contributed by atoms with E-state index in [4.69, 9.17) is 9.15 Å². The van der Waals surface area contributed by atoms with E-state index in [-0.39, 0.29) is 0 Å². The van der Waals surface area contributed by atoms with Crippen LogP contribution < -0.4 is 5.32 Å². The predicted octanol–water partition coefficient (Wildman–Crippen LogP) is 2.88. The highest BCUT2D eigenvalue weighted by atomic mass is 16.5. The number of hydrogen-bond acceptors (Lipinski definition) is 3. The summed E-state index contributed by atoms with van der Waals surface area (Å²) in [6.45, 7) is 7.78. The second-order valence-electron chi connectivity index (χ2n) is 4.02. The van der Waals surface area contributed by atoms with E-state index in [0.29, 0.717) is 0 Å². The maximum Gasteiger partial charge on any atom is 0.120 e. The van der Waals surface area contributed by atoms with Crippen LogP contribution in [-0.2, 0) is 11.3 Å². The van der Waals surface area contributed by atoms with E-state index < -0.39 is 0 Å². The zero-order valence-corrected chi connectivity index (χ0v) is 10.4. The normalized spacial score (nSPS) is 10.9. The van der Waals surface area contributed by atoms with Gasteiger partial charge in [-0.15, -0.1) is 0 Å². The number of aryl methyl sites for hydroxylation is 1. The number of rotatable bonds is 9. The van der Waals surface area contributed by atoms with Crippen molar-refractivity contribution < 1.29 is 9.15 Å². The van der Waals surface area contributed by atoms with Gasteiger partial charge < -0.3 is 14.5 Å². The van der Waals surface area contributed by atoms with Crippen molar-refractivity contribution >= 4 is 0 Å². The summed E-state index contributed by atoms with van der Waals surface area (Å²) in [4.78, 5) is 0. The highest BCUT2D eigenvalue weighted by Crippen LogP contribution is 2.07. The zero-order chi connectivity index (χ0) is 11.6. The number of hydrogen-bond donors (Lipinski definition) is 1. The molecule has 1 aromatic rings. The molecule has 16 heavy (non-hydrogen) atoms. The molecule has 0 spiro atoms. The lowest BCUT2D eigenvalue weighted by molar-refractivity contribution is 0.128. The van der Waals surface area contributed by atoms with Crippen LogP contribution in [-0.4, -0.2) is 19.8 Å². The van der Waals surface area contributed by atoms with Gasteiger partial charge in [-0.1, -0.05) is 13.3 Å². The second kappa shape index (κ2) is 8.36. The van der Waals surface area contributed by atoms with Crippen molar-refractivity contribution in [3.63, 3.8) is 0 Å². The summed E-state index contributed by atoms with van der Waals surface area (Å²) in [6, 6.07) is 1.99. The van der Waals surface area contributed by atoms with Gasteiger partial charge in [0.2, 0.25) is 0 Å². The summed E-state index contributed by atoms with van der Waals surface area (Å²) in [6.07, 6.45) is 5.17. The van der Waals surface area contributed by atoms with Gasteiger partial charge in [0.25, 0.3) is 0 Å². The third-order valence-corrected chi connectivity index (χ3v) is 2.54. The monoisotopic (exact) mass is 225 g/mol. The molecule has 0 amide bonds. The summed E-state index contributed by atoms with van der Waals surface area (Å²) >= 11 is 0. The Morgan fingerprint density at radius 1 is 1.31 bits per heavy atom. The van der Waals surface area contributed by atoms with Crippen molar-refractivity contribution in [3.8, 4) is 0 Å². The minimum atomic E-state index is 0.813. The molecule has 0 bridgehead atoms. The molecule has 92 valence electrons. The quantitative estimate of drug-likeness (QED) is 0.656. The van der Waals surface area contributed by atoms with Crippen LogP contribution in [0.2, 0.25) is 0 Å². The average Bonchev–Trinajstić information content (AvgIpc) is 2.68. The van der Waals surface area contributed by atoms with Gasteiger partial charge in [0.05, 0.1) is 12.8 Å². The fourth-order valence-electron chi connectivity index (χ4n) is 1.43. The maximum atomic E-state index is 5.47. The van der Waals surface area contributed by atoms with E-state index in [9.17, 15) is 0 Å². The Hall–Kier alpha value is -0.800. The Morgan fingerprint density at radius 3 is 2.81 bits per heavy atom. The van der Waals surface area contributed by atoms with Crippen LogP contribution in [0, 0.1) is 6.92 Å². The molecule has 3 nitrogen and oxygen atoms in total. The smallest absolute Gasteiger partial charge is 0.120 e. The average molecular weight is 225 g/mol. The third kappa shape index (κ3) is 5.33. The van der Waals surface area contributed by atoms with Crippen LogP contribution in [0.4, 0.5) is 0 Å². The van der Waals surface area contributed by atoms with Crippen molar-refractivity contribution in [3.05, 3.63) is 23.7 Å². The molecular formula is C13H23NO2. The molecule has 1 N–H and O–H groups in total. The molecule has 0 saturated heterocycles. The van der Waals surface area contributed by atoms with Crippen LogP contribution in [0.25, 0.3) is 0 Å². The molecule has 0 aromatic carbocycles. The van der Waals surface area contributed by atoms with Gasteiger partial charge in [0.15, 0.2) is 0 Å². The van der Waals surface area contributed by atoms with E-state index in [1.165, 1.54) is 18.4 Å². The molecule has 0 radical (unpaired) electrons. The fourth-order valence-corrected chi connectivity index (χ4v) is 1.43. The largest absolute Gasteiger partial charge is 0.468 e. The minimum absolute atomic E-state index is 0.813. The first kappa shape index (κ1) is 13.3. The molecule has 0 saturated carbocycles. The van der Waals surface area contributed by atoms with Gasteiger partial charge in [0.1, 0.15) is 5.76 Å². The topological polar surface area (TPSA) is 34.4 Å². The molecule has 0 aliphatic heterocycles. The molecule has 0 aliphatic rings. The Morgan fingerprint density at radius 2 is 2.12 bits per heavy atom. The third-order valence-electron chi connectivity index (χ3n) is 2.54. The molecular weight excluding hydrogens is 202 g/mol. The molecule has 0 unspecified atom stereocenters. The second-order valence-corrected chi connectivity index (χ2v) is 4.02. The Kier molecular flexibility index (Phi) is 6.93. The summed E-state index contributed by atoms with van der Waals surface area (Å²) in [5.41, 5.74) is 1.21. The maximum absolute atomic E-state index is 5.47. The van der Waals surface area contributed by atoms with Gasteiger partial charge >= 0.3 is 0 Å². The summed E-state index contributed by atoms with van der Waals surface area (Å²) in [5.74, 6) is 1.03. The van der Waals surface area contributed by atoms with E-state index in [0.717, 1.165) is 38.5 Å². The molecule has 0 fully saturated rings. The molecule has 1 heterocycles. The number of nitrogens with one attached hydrogen (secondary N) is 1. The van der Waals surface area contributed by atoms with E-state index in [1.54, 1.807) is 6.26 Å². The van der Waals surface area contributed by atoms with Crippen LogP contribution in [0.3, 0.4) is 0 Å². The van der Waals surface area contributed by atoms with Gasteiger partial charge in [-0.2, -0.15) is 0 Å². The van der Waals surface area contributed by atoms with Gasteiger partial charge in [-0.3, -0.25) is 0 Å². The van der Waals surface area contributed by atoms with E-state index >= 15 is 0 Å². The lowest BCUT2D eigenvalue weighted by Gasteiger charge is -2.04. The summed E-state index contributed by atoms with van der Waals surface area (Å²) < 4.78 is 10.8. The SMILES string of the molecule is CCCCOCCCNCc1occc1C. The standard InChI is InChI=1S/C13H23NO2/c1-3-4-8-15-9-5-7-14-11-13-12(2)6-10-16-13/h6,10,14H,3-5,7-9,11H2,1-2H3. The molecule has 1 rings (SSSR count). The van der Waals surface area contributed by atoms with Crippen LogP contribution in [0.15, 0.2) is 16.7 Å². The van der Waals surface area contributed by atoms with Gasteiger partial charge in [0, 0.05) is 13.2 Å². The van der Waals surface area contributed by atoms with Gasteiger partial charge in [-0.25, -0.2) is 0 Å². The first-order valence-corrected chi connectivity index (χ1v) is 6.16. The van der Waals surface area contributed by atoms with Crippen LogP contribution in [0.5, 0.6) is 0 Å². The molecule has 1 aromatic heterocycles.